The van der Waals surface area contributed by atoms with Crippen molar-refractivity contribution in [3.05, 3.63) is 52.7 Å². The third-order valence-corrected chi connectivity index (χ3v) is 7.53. The molecule has 0 spiro atoms. The predicted octanol–water partition coefficient (Wildman–Crippen LogP) is 4.31. The first kappa shape index (κ1) is 25.3. The van der Waals surface area contributed by atoms with Crippen LogP contribution in [0.15, 0.2) is 30.6 Å². The van der Waals surface area contributed by atoms with Gasteiger partial charge in [0.1, 0.15) is 35.5 Å². The number of nitrogens with one attached hydrogen (secondary N) is 1. The highest BCUT2D eigenvalue weighted by Crippen LogP contribution is 2.48. The van der Waals surface area contributed by atoms with E-state index in [1.807, 2.05) is 0 Å². The highest BCUT2D eigenvalue weighted by Gasteiger charge is 2.56. The van der Waals surface area contributed by atoms with Crippen molar-refractivity contribution in [2.75, 3.05) is 11.1 Å². The van der Waals surface area contributed by atoms with Crippen LogP contribution in [0, 0.1) is 18.7 Å². The molecule has 9 nitrogen and oxygen atoms in total. The maximum Gasteiger partial charge on any atom is 0.416 e. The largest absolute Gasteiger partial charge is 0.416 e. The van der Waals surface area contributed by atoms with Gasteiger partial charge in [0.05, 0.1) is 16.5 Å². The summed E-state index contributed by atoms with van der Waals surface area (Å²) in [7, 11) is 0. The van der Waals surface area contributed by atoms with Crippen LogP contribution in [0.25, 0.3) is 21.9 Å². The number of hydrogen-bond acceptors (Lipinski definition) is 6. The van der Waals surface area contributed by atoms with Crippen molar-refractivity contribution >= 4 is 57.0 Å². The highest BCUT2D eigenvalue weighted by molar-refractivity contribution is 6.29. The van der Waals surface area contributed by atoms with E-state index in [9.17, 15) is 27.2 Å². The van der Waals surface area contributed by atoms with E-state index in [0.29, 0.717) is 11.9 Å². The van der Waals surface area contributed by atoms with Crippen molar-refractivity contribution in [2.24, 2.45) is 5.92 Å². The van der Waals surface area contributed by atoms with E-state index in [4.69, 9.17) is 17.3 Å². The third-order valence-electron chi connectivity index (χ3n) is 7.32. The molecule has 0 bridgehead atoms. The Labute approximate surface area is 223 Å². The number of anilines is 2. The summed E-state index contributed by atoms with van der Waals surface area (Å²) in [6.07, 6.45) is -2.31. The van der Waals surface area contributed by atoms with Gasteiger partial charge in [0.2, 0.25) is 11.8 Å². The molecule has 202 valence electrons. The number of pyridine rings is 1. The van der Waals surface area contributed by atoms with Crippen LogP contribution in [0.4, 0.5) is 29.2 Å². The fourth-order valence-corrected chi connectivity index (χ4v) is 5.72. The number of rotatable bonds is 4. The number of carbonyl (C=O) groups excluding carboxylic acids is 2. The molecule has 0 radical (unpaired) electrons. The quantitative estimate of drug-likeness (QED) is 0.283. The standard InChI is InChI=1S/C25H20ClF4N7O2/c1-10-4-12(25(28,29)30)7-13-19-21(31)32-9-33-23(19)36(20(10)13)8-18(38)37-15-5-11(15)6-16(37)24(39)35-22-14(27)2-3-17(26)34-22/h2-4,7,9,11,15-16H,5-6,8H2,1H3,(H2,31,32,33)(H,34,35,39)/t11?,15-,16+/m1/s1. The van der Waals surface area contributed by atoms with E-state index >= 15 is 0 Å². The lowest BCUT2D eigenvalue weighted by atomic mass is 10.1. The van der Waals surface area contributed by atoms with Gasteiger partial charge < -0.3 is 20.5 Å². The topological polar surface area (TPSA) is 119 Å². The fourth-order valence-electron chi connectivity index (χ4n) is 5.58. The smallest absolute Gasteiger partial charge is 0.383 e. The zero-order valence-corrected chi connectivity index (χ0v) is 21.0. The molecule has 1 saturated heterocycles. The van der Waals surface area contributed by atoms with Gasteiger partial charge in [-0.25, -0.2) is 19.3 Å². The lowest BCUT2D eigenvalue weighted by molar-refractivity contribution is -0.138. The zero-order valence-electron chi connectivity index (χ0n) is 20.3. The number of benzene rings is 1. The Morgan fingerprint density at radius 1 is 1.21 bits per heavy atom. The summed E-state index contributed by atoms with van der Waals surface area (Å²) in [5, 5.41) is 2.79. The summed E-state index contributed by atoms with van der Waals surface area (Å²) in [6, 6.07) is 3.24. The summed E-state index contributed by atoms with van der Waals surface area (Å²) in [5.41, 5.74) is 6.01. The van der Waals surface area contributed by atoms with Crippen molar-refractivity contribution < 1.29 is 27.2 Å². The van der Waals surface area contributed by atoms with Crippen LogP contribution in [-0.4, -0.2) is 48.3 Å². The number of piperidine rings is 1. The van der Waals surface area contributed by atoms with Gasteiger partial charge in [0.25, 0.3) is 0 Å². The van der Waals surface area contributed by atoms with Crippen molar-refractivity contribution in [3.8, 4) is 0 Å². The van der Waals surface area contributed by atoms with Crippen LogP contribution in [0.5, 0.6) is 0 Å². The minimum Gasteiger partial charge on any atom is -0.383 e. The number of aromatic nitrogens is 4. The summed E-state index contributed by atoms with van der Waals surface area (Å²) in [5.74, 6) is -2.06. The summed E-state index contributed by atoms with van der Waals surface area (Å²) in [6.45, 7) is 1.20. The number of nitrogens with zero attached hydrogens (tertiary/aromatic N) is 5. The molecule has 1 aliphatic carbocycles. The number of halogens is 5. The third kappa shape index (κ3) is 4.20. The monoisotopic (exact) mass is 561 g/mol. The Bertz CT molecular complexity index is 1690. The van der Waals surface area contributed by atoms with E-state index in [0.717, 1.165) is 24.6 Å². The molecule has 1 unspecified atom stereocenters. The molecule has 14 heteroatoms. The van der Waals surface area contributed by atoms with Gasteiger partial charge in [-0.2, -0.15) is 13.2 Å². The number of hydrogen-bond donors (Lipinski definition) is 2. The molecule has 6 rings (SSSR count). The summed E-state index contributed by atoms with van der Waals surface area (Å²) < 4.78 is 56.4. The number of nitrogen functional groups attached to an aromatic ring is 1. The van der Waals surface area contributed by atoms with E-state index in [2.05, 4.69) is 20.3 Å². The number of alkyl halides is 3. The first-order valence-corrected chi connectivity index (χ1v) is 12.4. The fraction of sp³-hybridized carbons (Fsp3) is 0.320. The minimum atomic E-state index is -4.60. The molecule has 1 aromatic carbocycles. The molecule has 1 aliphatic heterocycles. The lowest BCUT2D eigenvalue weighted by Crippen LogP contribution is -2.46. The Morgan fingerprint density at radius 3 is 2.72 bits per heavy atom. The first-order chi connectivity index (χ1) is 18.4. The Morgan fingerprint density at radius 2 is 1.97 bits per heavy atom. The maximum absolute atomic E-state index is 14.2. The average Bonchev–Trinajstić information content (AvgIpc) is 3.40. The van der Waals surface area contributed by atoms with Gasteiger partial charge >= 0.3 is 6.18 Å². The second-order valence-electron chi connectivity index (χ2n) is 9.80. The Hall–Kier alpha value is -4.00. The molecular formula is C25H20ClF4N7O2. The summed E-state index contributed by atoms with van der Waals surface area (Å²) in [4.78, 5) is 40.2. The molecule has 2 fully saturated rings. The van der Waals surface area contributed by atoms with Crippen LogP contribution in [0.3, 0.4) is 0 Å². The Kier molecular flexibility index (Phi) is 5.68. The number of amides is 2. The maximum atomic E-state index is 14.2. The van der Waals surface area contributed by atoms with Gasteiger partial charge in [-0.3, -0.25) is 9.59 Å². The van der Waals surface area contributed by atoms with Crippen LogP contribution in [-0.2, 0) is 22.3 Å². The van der Waals surface area contributed by atoms with Gasteiger partial charge in [-0.1, -0.05) is 11.6 Å². The van der Waals surface area contributed by atoms with Gasteiger partial charge in [0.15, 0.2) is 11.6 Å². The van der Waals surface area contributed by atoms with Crippen LogP contribution >= 0.6 is 11.6 Å². The van der Waals surface area contributed by atoms with Crippen molar-refractivity contribution in [2.45, 2.75) is 44.6 Å². The van der Waals surface area contributed by atoms with E-state index in [1.54, 1.807) is 0 Å². The van der Waals surface area contributed by atoms with Crippen molar-refractivity contribution in [1.82, 2.24) is 24.4 Å². The number of carbonyl (C=O) groups is 2. The SMILES string of the molecule is Cc1cc(C(F)(F)F)cc2c3c(N)ncnc3n(CC(=O)N3[C@@H]4CC4C[C@H]3C(=O)Nc3nc(Cl)ccc3F)c12. The minimum absolute atomic E-state index is 0.00872. The highest BCUT2D eigenvalue weighted by atomic mass is 35.5. The average molecular weight is 562 g/mol. The predicted molar refractivity (Wildman–Crippen MR) is 134 cm³/mol. The van der Waals surface area contributed by atoms with Crippen LogP contribution in [0.1, 0.15) is 24.0 Å². The van der Waals surface area contributed by atoms with Crippen LogP contribution < -0.4 is 11.1 Å². The molecular weight excluding hydrogens is 542 g/mol. The molecule has 3 atom stereocenters. The molecule has 4 aromatic rings. The van der Waals surface area contributed by atoms with Crippen LogP contribution in [0.2, 0.25) is 5.15 Å². The molecule has 2 aliphatic rings. The normalized spacial score (nSPS) is 20.5. The Balaban J connectivity index is 1.37. The van der Waals surface area contributed by atoms with Crippen molar-refractivity contribution in [3.63, 3.8) is 0 Å². The number of aryl methyl sites for hydroxylation is 1. The molecule has 3 aromatic heterocycles. The lowest BCUT2D eigenvalue weighted by Gasteiger charge is -2.27. The molecule has 39 heavy (non-hydrogen) atoms. The first-order valence-electron chi connectivity index (χ1n) is 12.0. The number of likely N-dealkylation sites (tertiary alicyclic amines) is 1. The van der Waals surface area contributed by atoms with E-state index in [1.165, 1.54) is 28.8 Å². The second kappa shape index (κ2) is 8.76. The van der Waals surface area contributed by atoms with Gasteiger partial charge in [-0.15, -0.1) is 0 Å². The number of nitrogens with two attached hydrogens (primary N) is 1. The molecule has 4 heterocycles. The molecule has 2 amide bonds. The van der Waals surface area contributed by atoms with E-state index in [-0.39, 0.29) is 57.3 Å². The molecule has 3 N–H and O–H groups in total. The summed E-state index contributed by atoms with van der Waals surface area (Å²) >= 11 is 5.82. The zero-order chi connectivity index (χ0) is 27.8. The second-order valence-corrected chi connectivity index (χ2v) is 10.2. The van der Waals surface area contributed by atoms with Crippen molar-refractivity contribution in [1.29, 1.82) is 0 Å². The molecule has 1 saturated carbocycles. The number of fused-ring (bicyclic) bond motifs is 4. The van der Waals surface area contributed by atoms with E-state index < -0.39 is 35.4 Å². The van der Waals surface area contributed by atoms with Gasteiger partial charge in [-0.05, 0) is 55.5 Å². The van der Waals surface area contributed by atoms with Gasteiger partial charge in [0, 0.05) is 11.4 Å².